The van der Waals surface area contributed by atoms with Gasteiger partial charge in [-0.1, -0.05) is 19.1 Å². The molecule has 0 bridgehead atoms. The van der Waals surface area contributed by atoms with Gasteiger partial charge in [-0.05, 0) is 54.8 Å². The molecule has 3 heterocycles. The second-order valence-corrected chi connectivity index (χ2v) is 8.01. The summed E-state index contributed by atoms with van der Waals surface area (Å²) in [7, 11) is 0. The Morgan fingerprint density at radius 1 is 1.00 bits per heavy atom. The van der Waals surface area contributed by atoms with Crippen LogP contribution in [0.4, 0.5) is 0 Å². The standard InChI is InChI=1S/C27H27N3O5/c1-3-14-35-21-8-7-20(15-22(21)34-4-2)24-23(25(31)19-9-12-28-13-10-19)26(32)27(33)30(24)17-18-6-5-11-29-16-18/h5-13,15-16,24,31H,3-4,14,17H2,1-2H3/b25-23+. The molecule has 3 aromatic rings. The van der Waals surface area contributed by atoms with Crippen molar-refractivity contribution in [3.8, 4) is 11.5 Å². The number of benzene rings is 1. The van der Waals surface area contributed by atoms with Crippen molar-refractivity contribution in [1.29, 1.82) is 0 Å². The van der Waals surface area contributed by atoms with Crippen LogP contribution in [0.2, 0.25) is 0 Å². The fourth-order valence-electron chi connectivity index (χ4n) is 4.04. The van der Waals surface area contributed by atoms with Crippen LogP contribution in [0.3, 0.4) is 0 Å². The van der Waals surface area contributed by atoms with Crippen LogP contribution in [0.25, 0.3) is 5.76 Å². The molecule has 0 saturated carbocycles. The summed E-state index contributed by atoms with van der Waals surface area (Å²) in [6.07, 6.45) is 7.16. The third-order valence-electron chi connectivity index (χ3n) is 5.61. The molecular weight excluding hydrogens is 446 g/mol. The van der Waals surface area contributed by atoms with Crippen molar-refractivity contribution in [2.24, 2.45) is 0 Å². The molecule has 1 fully saturated rings. The average Bonchev–Trinajstić information content (AvgIpc) is 3.13. The molecule has 1 aliphatic rings. The number of pyridine rings is 2. The number of rotatable bonds is 9. The summed E-state index contributed by atoms with van der Waals surface area (Å²) < 4.78 is 11.6. The predicted octanol–water partition coefficient (Wildman–Crippen LogP) is 4.29. The van der Waals surface area contributed by atoms with E-state index in [1.165, 1.54) is 17.3 Å². The molecule has 4 rings (SSSR count). The van der Waals surface area contributed by atoms with Crippen molar-refractivity contribution >= 4 is 17.4 Å². The number of aliphatic hydroxyl groups excluding tert-OH is 1. The first-order valence-corrected chi connectivity index (χ1v) is 11.5. The highest BCUT2D eigenvalue weighted by Crippen LogP contribution is 2.42. The van der Waals surface area contributed by atoms with E-state index in [0.29, 0.717) is 35.8 Å². The third-order valence-corrected chi connectivity index (χ3v) is 5.61. The summed E-state index contributed by atoms with van der Waals surface area (Å²) in [6, 6.07) is 11.3. The molecule has 8 nitrogen and oxygen atoms in total. The molecule has 1 atom stereocenters. The average molecular weight is 474 g/mol. The molecule has 1 saturated heterocycles. The van der Waals surface area contributed by atoms with Gasteiger partial charge in [-0.25, -0.2) is 0 Å². The highest BCUT2D eigenvalue weighted by atomic mass is 16.5. The number of aliphatic hydroxyl groups is 1. The van der Waals surface area contributed by atoms with Crippen LogP contribution in [0.15, 0.2) is 72.8 Å². The smallest absolute Gasteiger partial charge is 0.295 e. The Balaban J connectivity index is 1.85. The molecule has 0 radical (unpaired) electrons. The van der Waals surface area contributed by atoms with Gasteiger partial charge in [0, 0.05) is 36.9 Å². The molecule has 1 amide bonds. The highest BCUT2D eigenvalue weighted by molar-refractivity contribution is 6.46. The van der Waals surface area contributed by atoms with Gasteiger partial charge in [0.25, 0.3) is 11.7 Å². The van der Waals surface area contributed by atoms with E-state index in [1.54, 1.807) is 48.8 Å². The van der Waals surface area contributed by atoms with Gasteiger partial charge in [-0.15, -0.1) is 0 Å². The van der Waals surface area contributed by atoms with Crippen LogP contribution in [0, 0.1) is 0 Å². The number of likely N-dealkylation sites (tertiary alicyclic amines) is 1. The second-order valence-electron chi connectivity index (χ2n) is 8.01. The van der Waals surface area contributed by atoms with Crippen LogP contribution < -0.4 is 9.47 Å². The van der Waals surface area contributed by atoms with Crippen molar-refractivity contribution in [3.05, 3.63) is 89.5 Å². The van der Waals surface area contributed by atoms with Crippen molar-refractivity contribution in [1.82, 2.24) is 14.9 Å². The van der Waals surface area contributed by atoms with E-state index in [0.717, 1.165) is 12.0 Å². The summed E-state index contributed by atoms with van der Waals surface area (Å²) >= 11 is 0. The summed E-state index contributed by atoms with van der Waals surface area (Å²) in [4.78, 5) is 36.0. The Labute approximate surface area is 203 Å². The Bertz CT molecular complexity index is 1230. The minimum absolute atomic E-state index is 0.00904. The maximum Gasteiger partial charge on any atom is 0.295 e. The number of nitrogens with zero attached hydrogens (tertiary/aromatic N) is 3. The Hall–Kier alpha value is -4.20. The van der Waals surface area contributed by atoms with Crippen molar-refractivity contribution < 1.29 is 24.2 Å². The Kier molecular flexibility index (Phi) is 7.40. The lowest BCUT2D eigenvalue weighted by molar-refractivity contribution is -0.140. The van der Waals surface area contributed by atoms with E-state index >= 15 is 0 Å². The highest BCUT2D eigenvalue weighted by Gasteiger charge is 2.46. The zero-order valence-electron chi connectivity index (χ0n) is 19.7. The first-order valence-electron chi connectivity index (χ1n) is 11.5. The predicted molar refractivity (Wildman–Crippen MR) is 130 cm³/mol. The zero-order valence-corrected chi connectivity index (χ0v) is 19.7. The maximum absolute atomic E-state index is 13.2. The molecule has 8 heteroatoms. The number of amides is 1. The van der Waals surface area contributed by atoms with Crippen LogP contribution in [0.1, 0.15) is 43.0 Å². The maximum atomic E-state index is 13.2. The monoisotopic (exact) mass is 473 g/mol. The normalized spacial score (nSPS) is 17.0. The van der Waals surface area contributed by atoms with Crippen LogP contribution in [0.5, 0.6) is 11.5 Å². The molecule has 1 aromatic carbocycles. The number of aromatic nitrogens is 2. The minimum atomic E-state index is -0.831. The quantitative estimate of drug-likeness (QED) is 0.281. The fourth-order valence-corrected chi connectivity index (χ4v) is 4.04. The topological polar surface area (TPSA) is 102 Å². The van der Waals surface area contributed by atoms with E-state index in [4.69, 9.17) is 9.47 Å². The zero-order chi connectivity index (χ0) is 24.8. The number of hydrogen-bond acceptors (Lipinski definition) is 7. The Morgan fingerprint density at radius 3 is 2.49 bits per heavy atom. The van der Waals surface area contributed by atoms with E-state index in [-0.39, 0.29) is 17.9 Å². The van der Waals surface area contributed by atoms with Gasteiger partial charge >= 0.3 is 0 Å². The first kappa shape index (κ1) is 23.9. The van der Waals surface area contributed by atoms with Gasteiger partial charge in [0.2, 0.25) is 0 Å². The largest absolute Gasteiger partial charge is 0.507 e. The van der Waals surface area contributed by atoms with Crippen molar-refractivity contribution in [3.63, 3.8) is 0 Å². The number of carbonyl (C=O) groups excluding carboxylic acids is 2. The van der Waals surface area contributed by atoms with Gasteiger partial charge in [0.1, 0.15) is 5.76 Å². The third kappa shape index (κ3) is 5.01. The lowest BCUT2D eigenvalue weighted by atomic mass is 9.95. The van der Waals surface area contributed by atoms with Crippen molar-refractivity contribution in [2.45, 2.75) is 32.9 Å². The van der Waals surface area contributed by atoms with E-state index < -0.39 is 17.7 Å². The molecular formula is C27H27N3O5. The van der Waals surface area contributed by atoms with Crippen LogP contribution in [-0.2, 0) is 16.1 Å². The molecule has 1 aliphatic heterocycles. The first-order chi connectivity index (χ1) is 17.0. The number of Topliss-reactive ketones (excluding diaryl/α,β-unsaturated/α-hetero) is 1. The van der Waals surface area contributed by atoms with Gasteiger partial charge in [0.15, 0.2) is 11.5 Å². The SMILES string of the molecule is CCCOc1ccc(C2/C(=C(\O)c3ccncc3)C(=O)C(=O)N2Cc2cccnc2)cc1OCC. The van der Waals surface area contributed by atoms with E-state index in [9.17, 15) is 14.7 Å². The van der Waals surface area contributed by atoms with Gasteiger partial charge in [-0.3, -0.25) is 19.6 Å². The summed E-state index contributed by atoms with van der Waals surface area (Å²) in [5, 5.41) is 11.2. The summed E-state index contributed by atoms with van der Waals surface area (Å²) in [5.41, 5.74) is 1.79. The molecule has 0 aliphatic carbocycles. The van der Waals surface area contributed by atoms with Gasteiger partial charge < -0.3 is 19.5 Å². The molecule has 35 heavy (non-hydrogen) atoms. The lowest BCUT2D eigenvalue weighted by Crippen LogP contribution is -2.29. The second kappa shape index (κ2) is 10.8. The van der Waals surface area contributed by atoms with Crippen LogP contribution in [-0.4, -0.2) is 44.9 Å². The summed E-state index contributed by atoms with van der Waals surface area (Å²) in [5.74, 6) is -0.616. The lowest BCUT2D eigenvalue weighted by Gasteiger charge is -2.26. The summed E-state index contributed by atoms with van der Waals surface area (Å²) in [6.45, 7) is 4.97. The molecule has 180 valence electrons. The van der Waals surface area contributed by atoms with Crippen LogP contribution >= 0.6 is 0 Å². The number of ketones is 1. The van der Waals surface area contributed by atoms with E-state index in [2.05, 4.69) is 9.97 Å². The van der Waals surface area contributed by atoms with Gasteiger partial charge in [0.05, 0.1) is 24.8 Å². The molecule has 0 spiro atoms. The molecule has 1 unspecified atom stereocenters. The fraction of sp³-hybridized carbons (Fsp3) is 0.259. The van der Waals surface area contributed by atoms with Gasteiger partial charge in [-0.2, -0.15) is 0 Å². The number of ether oxygens (including phenoxy) is 2. The Morgan fingerprint density at radius 2 is 1.80 bits per heavy atom. The molecule has 1 N–H and O–H groups in total. The van der Waals surface area contributed by atoms with E-state index in [1.807, 2.05) is 19.9 Å². The number of carbonyl (C=O) groups is 2. The van der Waals surface area contributed by atoms with Crippen molar-refractivity contribution in [2.75, 3.05) is 13.2 Å². The number of hydrogen-bond donors (Lipinski definition) is 1. The molecule has 2 aromatic heterocycles. The minimum Gasteiger partial charge on any atom is -0.507 e.